The number of aromatic nitrogens is 1. The molecule has 1 aliphatic heterocycles. The Morgan fingerprint density at radius 2 is 1.90 bits per heavy atom. The third kappa shape index (κ3) is 3.55. The van der Waals surface area contributed by atoms with Gasteiger partial charge in [-0.1, -0.05) is 17.7 Å². The molecule has 0 spiro atoms. The third-order valence-electron chi connectivity index (χ3n) is 4.59. The summed E-state index contributed by atoms with van der Waals surface area (Å²) in [4.78, 5) is 17.9. The molecule has 1 aromatic heterocycles. The van der Waals surface area contributed by atoms with Gasteiger partial charge in [0.25, 0.3) is 0 Å². The molecule has 154 valence electrons. The van der Waals surface area contributed by atoms with Crippen molar-refractivity contribution in [3.8, 4) is 22.8 Å². The number of halogens is 3. The standard InChI is InChI=1S/C21H17F3N4O2/c1-11-4-3-5-13(8-11)20-27-19(28-10-16(24)18(25-2)26-21(28)29)17(30-20)12-6-7-14(22)15(23)9-12/h3-10,18,25H,1-2H3,(H,26,29). The Bertz CT molecular complexity index is 1160. The van der Waals surface area contributed by atoms with Crippen molar-refractivity contribution in [2.45, 2.75) is 13.1 Å². The number of carbonyl (C=O) groups excluding carboxylic acids is 1. The van der Waals surface area contributed by atoms with E-state index in [1.165, 1.54) is 13.1 Å². The summed E-state index contributed by atoms with van der Waals surface area (Å²) in [7, 11) is 1.49. The van der Waals surface area contributed by atoms with Gasteiger partial charge < -0.3 is 9.73 Å². The van der Waals surface area contributed by atoms with Gasteiger partial charge in [0.2, 0.25) is 5.89 Å². The lowest BCUT2D eigenvalue weighted by molar-refractivity contribution is 0.239. The SMILES string of the molecule is CNC1NC(=O)N(c2nc(-c3cccc(C)c3)oc2-c2ccc(F)c(F)c2)C=C1F. The van der Waals surface area contributed by atoms with Crippen LogP contribution in [-0.2, 0) is 0 Å². The first kappa shape index (κ1) is 19.7. The molecule has 0 saturated heterocycles. The van der Waals surface area contributed by atoms with Gasteiger partial charge in [-0.15, -0.1) is 0 Å². The Morgan fingerprint density at radius 3 is 2.60 bits per heavy atom. The minimum atomic E-state index is -1.09. The number of rotatable bonds is 4. The van der Waals surface area contributed by atoms with Crippen LogP contribution in [0.4, 0.5) is 23.8 Å². The molecule has 2 heterocycles. The molecular formula is C21H17F3N4O2. The van der Waals surface area contributed by atoms with Gasteiger partial charge in [-0.25, -0.2) is 22.9 Å². The second-order valence-electron chi connectivity index (χ2n) is 6.73. The number of oxazole rings is 1. The lowest BCUT2D eigenvalue weighted by Crippen LogP contribution is -2.53. The summed E-state index contributed by atoms with van der Waals surface area (Å²) in [6, 6.07) is 9.75. The average molecular weight is 414 g/mol. The molecule has 9 heteroatoms. The van der Waals surface area contributed by atoms with Gasteiger partial charge >= 0.3 is 6.03 Å². The molecule has 0 radical (unpaired) electrons. The zero-order valence-electron chi connectivity index (χ0n) is 16.0. The topological polar surface area (TPSA) is 70.4 Å². The number of hydrogen-bond acceptors (Lipinski definition) is 4. The molecule has 2 amide bonds. The van der Waals surface area contributed by atoms with Crippen LogP contribution in [0.25, 0.3) is 22.8 Å². The second kappa shape index (κ2) is 7.68. The summed E-state index contributed by atoms with van der Waals surface area (Å²) in [5, 5.41) is 5.05. The summed E-state index contributed by atoms with van der Waals surface area (Å²) in [6.45, 7) is 1.89. The van der Waals surface area contributed by atoms with Gasteiger partial charge in [-0.3, -0.25) is 5.32 Å². The molecule has 0 fully saturated rings. The highest BCUT2D eigenvalue weighted by atomic mass is 19.2. The van der Waals surface area contributed by atoms with Gasteiger partial charge in [0.05, 0.1) is 6.20 Å². The maximum atomic E-state index is 14.4. The van der Waals surface area contributed by atoms with Crippen LogP contribution in [0.15, 0.2) is 58.9 Å². The average Bonchev–Trinajstić information content (AvgIpc) is 3.16. The molecular weight excluding hydrogens is 397 g/mol. The van der Waals surface area contributed by atoms with Gasteiger partial charge in [-0.05, 0) is 44.3 Å². The largest absolute Gasteiger partial charge is 0.434 e. The summed E-state index contributed by atoms with van der Waals surface area (Å²) < 4.78 is 47.5. The maximum absolute atomic E-state index is 14.4. The lowest BCUT2D eigenvalue weighted by Gasteiger charge is -2.27. The number of amides is 2. The van der Waals surface area contributed by atoms with Gasteiger partial charge in [-0.2, -0.15) is 4.98 Å². The number of benzene rings is 2. The van der Waals surface area contributed by atoms with Crippen LogP contribution < -0.4 is 15.5 Å². The molecule has 6 nitrogen and oxygen atoms in total. The molecule has 0 saturated carbocycles. The molecule has 3 aromatic rings. The van der Waals surface area contributed by atoms with Crippen molar-refractivity contribution in [2.24, 2.45) is 0 Å². The van der Waals surface area contributed by atoms with Gasteiger partial charge in [0.15, 0.2) is 29.0 Å². The fraction of sp³-hybridized carbons (Fsp3) is 0.143. The van der Waals surface area contributed by atoms with Crippen molar-refractivity contribution < 1.29 is 22.4 Å². The van der Waals surface area contributed by atoms with Crippen LogP contribution in [0.5, 0.6) is 0 Å². The van der Waals surface area contributed by atoms with Crippen LogP contribution in [-0.4, -0.2) is 24.2 Å². The lowest BCUT2D eigenvalue weighted by atomic mass is 10.1. The zero-order chi connectivity index (χ0) is 21.4. The fourth-order valence-corrected chi connectivity index (χ4v) is 3.09. The maximum Gasteiger partial charge on any atom is 0.328 e. The Labute approximate surface area is 170 Å². The number of carbonyl (C=O) groups is 1. The first-order chi connectivity index (χ1) is 14.4. The minimum absolute atomic E-state index is 0.00693. The number of urea groups is 1. The molecule has 1 atom stereocenters. The van der Waals surface area contributed by atoms with Crippen molar-refractivity contribution in [3.63, 3.8) is 0 Å². The molecule has 30 heavy (non-hydrogen) atoms. The first-order valence-corrected chi connectivity index (χ1v) is 9.05. The molecule has 2 N–H and O–H groups in total. The highest BCUT2D eigenvalue weighted by molar-refractivity contribution is 5.97. The van der Waals surface area contributed by atoms with Crippen LogP contribution in [0.2, 0.25) is 0 Å². The third-order valence-corrected chi connectivity index (χ3v) is 4.59. The smallest absolute Gasteiger partial charge is 0.328 e. The highest BCUT2D eigenvalue weighted by Crippen LogP contribution is 2.37. The number of hydrogen-bond donors (Lipinski definition) is 2. The van der Waals surface area contributed by atoms with Crippen molar-refractivity contribution in [1.82, 2.24) is 15.6 Å². The number of nitrogens with one attached hydrogen (secondary N) is 2. The number of likely N-dealkylation sites (N-methyl/N-ethyl adjacent to an activating group) is 1. The quantitative estimate of drug-likeness (QED) is 0.661. The fourth-order valence-electron chi connectivity index (χ4n) is 3.09. The van der Waals surface area contributed by atoms with Crippen molar-refractivity contribution >= 4 is 11.8 Å². The van der Waals surface area contributed by atoms with E-state index in [1.807, 2.05) is 19.1 Å². The van der Waals surface area contributed by atoms with Crippen LogP contribution in [0, 0.1) is 18.6 Å². The normalized spacial score (nSPS) is 16.4. The van der Waals surface area contributed by atoms with E-state index in [4.69, 9.17) is 4.42 Å². The highest BCUT2D eigenvalue weighted by Gasteiger charge is 2.32. The summed E-state index contributed by atoms with van der Waals surface area (Å²) in [6.07, 6.45) is -0.00930. The van der Waals surface area contributed by atoms with E-state index in [0.717, 1.165) is 28.8 Å². The van der Waals surface area contributed by atoms with Crippen molar-refractivity contribution in [1.29, 1.82) is 0 Å². The molecule has 1 aliphatic rings. The van der Waals surface area contributed by atoms with E-state index < -0.39 is 29.7 Å². The molecule has 4 rings (SSSR count). The zero-order valence-corrected chi connectivity index (χ0v) is 16.0. The minimum Gasteiger partial charge on any atom is -0.434 e. The summed E-state index contributed by atoms with van der Waals surface area (Å²) in [5.74, 6) is -2.70. The van der Waals surface area contributed by atoms with E-state index >= 15 is 0 Å². The monoisotopic (exact) mass is 414 g/mol. The predicted octanol–water partition coefficient (Wildman–Crippen LogP) is 4.48. The van der Waals surface area contributed by atoms with E-state index in [9.17, 15) is 18.0 Å². The predicted molar refractivity (Wildman–Crippen MR) is 105 cm³/mol. The number of aryl methyl sites for hydroxylation is 1. The Balaban J connectivity index is 1.89. The Hall–Kier alpha value is -3.59. The summed E-state index contributed by atoms with van der Waals surface area (Å²) in [5.41, 5.74) is 1.70. The van der Waals surface area contributed by atoms with Crippen molar-refractivity contribution in [3.05, 3.63) is 71.7 Å². The molecule has 2 aromatic carbocycles. The second-order valence-corrected chi connectivity index (χ2v) is 6.73. The van der Waals surface area contributed by atoms with E-state index in [2.05, 4.69) is 15.6 Å². The number of anilines is 1. The Morgan fingerprint density at radius 1 is 1.10 bits per heavy atom. The molecule has 0 bridgehead atoms. The van der Waals surface area contributed by atoms with E-state index in [1.54, 1.807) is 12.1 Å². The summed E-state index contributed by atoms with van der Waals surface area (Å²) >= 11 is 0. The van der Waals surface area contributed by atoms with Gasteiger partial charge in [0.1, 0.15) is 6.17 Å². The van der Waals surface area contributed by atoms with Crippen LogP contribution in [0.1, 0.15) is 5.56 Å². The molecule has 1 unspecified atom stereocenters. The molecule has 0 aliphatic carbocycles. The number of nitrogens with zero attached hydrogens (tertiary/aromatic N) is 2. The van der Waals surface area contributed by atoms with E-state index in [-0.39, 0.29) is 23.0 Å². The van der Waals surface area contributed by atoms with Gasteiger partial charge in [0, 0.05) is 11.1 Å². The Kier molecular flexibility index (Phi) is 5.04. The first-order valence-electron chi connectivity index (χ1n) is 9.05. The van der Waals surface area contributed by atoms with Crippen LogP contribution in [0.3, 0.4) is 0 Å². The van der Waals surface area contributed by atoms with Crippen molar-refractivity contribution in [2.75, 3.05) is 11.9 Å². The van der Waals surface area contributed by atoms with Crippen LogP contribution >= 0.6 is 0 Å². The van der Waals surface area contributed by atoms with E-state index in [0.29, 0.717) is 5.56 Å².